The van der Waals surface area contributed by atoms with Gasteiger partial charge in [0.2, 0.25) is 5.91 Å². The van der Waals surface area contributed by atoms with Crippen molar-refractivity contribution in [3.8, 4) is 0 Å². The van der Waals surface area contributed by atoms with Crippen LogP contribution in [0, 0.1) is 5.92 Å². The Labute approximate surface area is 96.4 Å². The van der Waals surface area contributed by atoms with Crippen LogP contribution < -0.4 is 5.32 Å². The molecule has 2 unspecified atom stereocenters. The summed E-state index contributed by atoms with van der Waals surface area (Å²) in [5.41, 5.74) is 1.05. The quantitative estimate of drug-likeness (QED) is 0.831. The third-order valence-electron chi connectivity index (χ3n) is 2.55. The molecule has 1 aromatic heterocycles. The zero-order chi connectivity index (χ0) is 10.8. The number of hydrogen-bond donors (Lipinski definition) is 1. The first-order valence-electron chi connectivity index (χ1n) is 4.96. The van der Waals surface area contributed by atoms with Crippen LogP contribution in [-0.4, -0.2) is 27.4 Å². The summed E-state index contributed by atoms with van der Waals surface area (Å²) in [6.07, 6.45) is 2.35. The third-order valence-corrected chi connectivity index (χ3v) is 3.02. The van der Waals surface area contributed by atoms with Crippen LogP contribution in [0.15, 0.2) is 6.20 Å². The molecule has 1 aliphatic rings. The Morgan fingerprint density at radius 3 is 3.20 bits per heavy atom. The lowest BCUT2D eigenvalue weighted by Crippen LogP contribution is -2.17. The molecule has 0 bridgehead atoms. The average molecular weight is 273 g/mol. The fourth-order valence-corrected chi connectivity index (χ4v) is 2.11. The maximum atomic E-state index is 11.0. The van der Waals surface area contributed by atoms with Gasteiger partial charge in [0.1, 0.15) is 0 Å². The number of carbonyl (C=O) groups is 1. The average Bonchev–Trinajstić information content (AvgIpc) is 2.75. The summed E-state index contributed by atoms with van der Waals surface area (Å²) in [6.45, 7) is 3.53. The predicted octanol–water partition coefficient (Wildman–Crippen LogP) is 0.870. The van der Waals surface area contributed by atoms with E-state index in [0.717, 1.165) is 18.8 Å². The van der Waals surface area contributed by atoms with E-state index in [2.05, 4.69) is 31.6 Å². The zero-order valence-corrected chi connectivity index (χ0v) is 10.1. The smallest absolute Gasteiger partial charge is 0.220 e. The van der Waals surface area contributed by atoms with Gasteiger partial charge in [-0.2, -0.15) is 0 Å². The van der Waals surface area contributed by atoms with Crippen molar-refractivity contribution < 1.29 is 4.79 Å². The highest BCUT2D eigenvalue weighted by molar-refractivity contribution is 9.09. The van der Waals surface area contributed by atoms with Gasteiger partial charge in [-0.15, -0.1) is 5.10 Å². The first-order chi connectivity index (χ1) is 7.16. The van der Waals surface area contributed by atoms with Gasteiger partial charge < -0.3 is 5.32 Å². The topological polar surface area (TPSA) is 59.8 Å². The molecule has 0 radical (unpaired) electrons. The minimum atomic E-state index is 0.133. The Balaban J connectivity index is 2.04. The normalized spacial score (nSPS) is 22.8. The largest absolute Gasteiger partial charge is 0.356 e. The van der Waals surface area contributed by atoms with Crippen molar-refractivity contribution >= 4 is 21.8 Å². The van der Waals surface area contributed by atoms with Crippen LogP contribution in [0.25, 0.3) is 0 Å². The summed E-state index contributed by atoms with van der Waals surface area (Å²) >= 11 is 3.49. The van der Waals surface area contributed by atoms with Gasteiger partial charge in [-0.1, -0.05) is 21.1 Å². The van der Waals surface area contributed by atoms with E-state index < -0.39 is 0 Å². The van der Waals surface area contributed by atoms with E-state index in [1.54, 1.807) is 6.20 Å². The molecule has 15 heavy (non-hydrogen) atoms. The molecule has 0 aliphatic carbocycles. The second-order valence-electron chi connectivity index (χ2n) is 3.83. The molecular formula is C9H13BrN4O. The van der Waals surface area contributed by atoms with Crippen LogP contribution >= 0.6 is 15.9 Å². The molecule has 1 aromatic rings. The Kier molecular flexibility index (Phi) is 3.04. The lowest BCUT2D eigenvalue weighted by molar-refractivity contribution is -0.119. The van der Waals surface area contributed by atoms with Gasteiger partial charge in [0.05, 0.1) is 16.7 Å². The van der Waals surface area contributed by atoms with E-state index in [9.17, 15) is 4.79 Å². The van der Waals surface area contributed by atoms with Crippen LogP contribution in [0.4, 0.5) is 0 Å². The predicted molar refractivity (Wildman–Crippen MR) is 58.5 cm³/mol. The Morgan fingerprint density at radius 1 is 1.80 bits per heavy atom. The maximum absolute atomic E-state index is 11.0. The number of carbonyl (C=O) groups excluding carboxylic acids is 1. The summed E-state index contributed by atoms with van der Waals surface area (Å²) in [4.78, 5) is 11.3. The first-order valence-corrected chi connectivity index (χ1v) is 5.87. The highest BCUT2D eigenvalue weighted by Gasteiger charge is 2.23. The molecule has 1 fully saturated rings. The molecule has 1 N–H and O–H groups in total. The molecule has 0 saturated carbocycles. The van der Waals surface area contributed by atoms with Crippen LogP contribution in [0.5, 0.6) is 0 Å². The van der Waals surface area contributed by atoms with E-state index in [4.69, 9.17) is 0 Å². The van der Waals surface area contributed by atoms with Gasteiger partial charge in [-0.25, -0.2) is 4.68 Å². The summed E-state index contributed by atoms with van der Waals surface area (Å²) in [6, 6.07) is 0. The summed E-state index contributed by atoms with van der Waals surface area (Å²) in [5.74, 6) is 0.470. The van der Waals surface area contributed by atoms with Crippen LogP contribution in [0.1, 0.15) is 23.9 Å². The highest BCUT2D eigenvalue weighted by Crippen LogP contribution is 2.21. The van der Waals surface area contributed by atoms with E-state index in [-0.39, 0.29) is 10.7 Å². The third kappa shape index (κ3) is 2.37. The molecule has 1 amide bonds. The molecule has 2 rings (SSSR count). The lowest BCUT2D eigenvalue weighted by atomic mass is 10.1. The minimum Gasteiger partial charge on any atom is -0.356 e. The summed E-state index contributed by atoms with van der Waals surface area (Å²) < 4.78 is 1.87. The second kappa shape index (κ2) is 4.30. The fraction of sp³-hybridized carbons (Fsp3) is 0.667. The van der Waals surface area contributed by atoms with Gasteiger partial charge in [0.25, 0.3) is 0 Å². The van der Waals surface area contributed by atoms with Crippen molar-refractivity contribution in [3.63, 3.8) is 0 Å². The molecule has 1 saturated heterocycles. The van der Waals surface area contributed by atoms with E-state index >= 15 is 0 Å². The number of halogens is 1. The maximum Gasteiger partial charge on any atom is 0.220 e. The van der Waals surface area contributed by atoms with E-state index in [0.29, 0.717) is 12.3 Å². The van der Waals surface area contributed by atoms with Crippen LogP contribution in [0.3, 0.4) is 0 Å². The van der Waals surface area contributed by atoms with Gasteiger partial charge in [0, 0.05) is 25.4 Å². The molecule has 82 valence electrons. The Hall–Kier alpha value is -0.910. The van der Waals surface area contributed by atoms with Crippen molar-refractivity contribution in [2.75, 3.05) is 6.54 Å². The summed E-state index contributed by atoms with van der Waals surface area (Å²) in [5, 5.41) is 10.7. The number of aromatic nitrogens is 3. The van der Waals surface area contributed by atoms with Gasteiger partial charge in [0.15, 0.2) is 0 Å². The first kappa shape index (κ1) is 10.6. The molecule has 0 aromatic carbocycles. The van der Waals surface area contributed by atoms with Crippen LogP contribution in [-0.2, 0) is 11.3 Å². The number of amides is 1. The fourth-order valence-electron chi connectivity index (χ4n) is 1.75. The highest BCUT2D eigenvalue weighted by atomic mass is 79.9. The van der Waals surface area contributed by atoms with Gasteiger partial charge in [-0.3, -0.25) is 4.79 Å². The zero-order valence-electron chi connectivity index (χ0n) is 8.48. The molecule has 5 nitrogen and oxygen atoms in total. The Morgan fingerprint density at radius 2 is 2.60 bits per heavy atom. The second-order valence-corrected chi connectivity index (χ2v) is 5.20. The Bertz CT molecular complexity index is 363. The molecule has 1 aliphatic heterocycles. The van der Waals surface area contributed by atoms with Crippen molar-refractivity contribution in [2.45, 2.75) is 24.7 Å². The van der Waals surface area contributed by atoms with E-state index in [1.807, 2.05) is 11.6 Å². The number of alkyl halides is 1. The van der Waals surface area contributed by atoms with Gasteiger partial charge in [-0.05, 0) is 6.92 Å². The van der Waals surface area contributed by atoms with Gasteiger partial charge >= 0.3 is 0 Å². The van der Waals surface area contributed by atoms with Crippen molar-refractivity contribution in [3.05, 3.63) is 11.9 Å². The number of nitrogens with one attached hydrogen (secondary N) is 1. The lowest BCUT2D eigenvalue weighted by Gasteiger charge is -2.10. The molecule has 6 heteroatoms. The van der Waals surface area contributed by atoms with Crippen molar-refractivity contribution in [1.29, 1.82) is 0 Å². The standard InChI is InChI=1S/C9H13BrN4O/c1-6(10)8-4-12-13-14(8)5-7-2-9(15)11-3-7/h4,6-7H,2-3,5H2,1H3,(H,11,15). The minimum absolute atomic E-state index is 0.133. The number of nitrogens with zero attached hydrogens (tertiary/aromatic N) is 3. The molecule has 2 atom stereocenters. The number of rotatable bonds is 3. The van der Waals surface area contributed by atoms with E-state index in [1.165, 1.54) is 0 Å². The molecule has 2 heterocycles. The number of hydrogen-bond acceptors (Lipinski definition) is 3. The van der Waals surface area contributed by atoms with Crippen molar-refractivity contribution in [2.24, 2.45) is 5.92 Å². The van der Waals surface area contributed by atoms with Crippen LogP contribution in [0.2, 0.25) is 0 Å². The molecule has 0 spiro atoms. The summed E-state index contributed by atoms with van der Waals surface area (Å²) in [7, 11) is 0. The molecular weight excluding hydrogens is 260 g/mol. The SMILES string of the molecule is CC(Br)c1cnnn1CC1CNC(=O)C1. The van der Waals surface area contributed by atoms with Crippen molar-refractivity contribution in [1.82, 2.24) is 20.3 Å². The monoisotopic (exact) mass is 272 g/mol.